The zero-order valence-corrected chi connectivity index (χ0v) is 15.0. The molecule has 1 N–H and O–H groups in total. The molecule has 4 rings (SSSR count). The number of carbonyl (C=O) groups is 1. The van der Waals surface area contributed by atoms with Crippen molar-refractivity contribution in [3.05, 3.63) is 11.6 Å². The van der Waals surface area contributed by atoms with Crippen LogP contribution < -0.4 is 0 Å². The van der Waals surface area contributed by atoms with Crippen LogP contribution in [-0.4, -0.2) is 16.5 Å². The zero-order valence-electron chi connectivity index (χ0n) is 15.0. The van der Waals surface area contributed by atoms with Gasteiger partial charge in [0.1, 0.15) is 0 Å². The fraction of sp³-hybridized carbons (Fsp3) is 0.857. The Labute approximate surface area is 140 Å². The highest BCUT2D eigenvalue weighted by molar-refractivity contribution is 5.95. The second-order valence-electron chi connectivity index (χ2n) is 9.54. The molecule has 0 amide bonds. The SMILES string of the molecule is CC(=O)C1=CC[C@H]2[C@@H]3CC[C@@H]4C[C@](C)(O)CC[C@@H]4[C@H]3CC[C@]12C. The first kappa shape index (κ1) is 15.9. The van der Waals surface area contributed by atoms with Crippen LogP contribution in [0.25, 0.3) is 0 Å². The second kappa shape index (κ2) is 5.18. The summed E-state index contributed by atoms with van der Waals surface area (Å²) in [6, 6.07) is 0. The lowest BCUT2D eigenvalue weighted by Crippen LogP contribution is -2.50. The van der Waals surface area contributed by atoms with Gasteiger partial charge in [-0.05, 0) is 106 Å². The Kier molecular flexibility index (Phi) is 3.58. The molecule has 4 aliphatic rings. The summed E-state index contributed by atoms with van der Waals surface area (Å²) in [5.41, 5.74) is 0.864. The number of carbonyl (C=O) groups excluding carboxylic acids is 1. The van der Waals surface area contributed by atoms with E-state index in [1.54, 1.807) is 6.92 Å². The Morgan fingerprint density at radius 2 is 1.83 bits per heavy atom. The molecule has 2 heteroatoms. The summed E-state index contributed by atoms with van der Waals surface area (Å²) in [6.45, 7) is 6.16. The molecule has 0 spiro atoms. The monoisotopic (exact) mass is 316 g/mol. The van der Waals surface area contributed by atoms with E-state index in [1.807, 2.05) is 6.92 Å². The number of rotatable bonds is 1. The molecule has 0 heterocycles. The van der Waals surface area contributed by atoms with E-state index in [2.05, 4.69) is 13.0 Å². The number of ketones is 1. The fourth-order valence-electron chi connectivity index (χ4n) is 7.19. The summed E-state index contributed by atoms with van der Waals surface area (Å²) in [7, 11) is 0. The van der Waals surface area contributed by atoms with E-state index in [9.17, 15) is 9.90 Å². The van der Waals surface area contributed by atoms with Crippen molar-refractivity contribution in [1.29, 1.82) is 0 Å². The molecule has 0 saturated heterocycles. The highest BCUT2D eigenvalue weighted by Crippen LogP contribution is 2.63. The van der Waals surface area contributed by atoms with E-state index in [-0.39, 0.29) is 5.41 Å². The molecule has 0 aromatic carbocycles. The Hall–Kier alpha value is -0.630. The Morgan fingerprint density at radius 1 is 1.09 bits per heavy atom. The minimum absolute atomic E-state index is 0.153. The average Bonchev–Trinajstić information content (AvgIpc) is 2.83. The van der Waals surface area contributed by atoms with Crippen molar-refractivity contribution in [3.8, 4) is 0 Å². The Bertz CT molecular complexity index is 546. The van der Waals surface area contributed by atoms with Gasteiger partial charge in [0.2, 0.25) is 0 Å². The molecular weight excluding hydrogens is 284 g/mol. The van der Waals surface area contributed by atoms with Crippen molar-refractivity contribution in [2.45, 2.75) is 77.7 Å². The predicted molar refractivity (Wildman–Crippen MR) is 91.9 cm³/mol. The first-order valence-electron chi connectivity index (χ1n) is 9.76. The summed E-state index contributed by atoms with van der Waals surface area (Å²) in [6.07, 6.45) is 11.7. The summed E-state index contributed by atoms with van der Waals surface area (Å²) in [4.78, 5) is 12.1. The normalized spacial score (nSPS) is 52.2. The van der Waals surface area contributed by atoms with Crippen LogP contribution in [-0.2, 0) is 4.79 Å². The first-order chi connectivity index (χ1) is 10.8. The van der Waals surface area contributed by atoms with Crippen LogP contribution in [0.4, 0.5) is 0 Å². The van der Waals surface area contributed by atoms with E-state index in [1.165, 1.54) is 32.1 Å². The van der Waals surface area contributed by atoms with Crippen molar-refractivity contribution >= 4 is 5.78 Å². The molecule has 128 valence electrons. The molecule has 23 heavy (non-hydrogen) atoms. The Balaban J connectivity index is 1.56. The van der Waals surface area contributed by atoms with Crippen molar-refractivity contribution in [3.63, 3.8) is 0 Å². The summed E-state index contributed by atoms with van der Waals surface area (Å²) >= 11 is 0. The maximum Gasteiger partial charge on any atom is 0.156 e. The second-order valence-corrected chi connectivity index (χ2v) is 9.54. The lowest BCUT2D eigenvalue weighted by atomic mass is 9.49. The molecule has 7 atom stereocenters. The van der Waals surface area contributed by atoms with Gasteiger partial charge in [-0.3, -0.25) is 4.79 Å². The van der Waals surface area contributed by atoms with Crippen LogP contribution in [0.5, 0.6) is 0 Å². The molecule has 0 radical (unpaired) electrons. The average molecular weight is 316 g/mol. The molecule has 0 unspecified atom stereocenters. The van der Waals surface area contributed by atoms with Gasteiger partial charge >= 0.3 is 0 Å². The van der Waals surface area contributed by atoms with Crippen LogP contribution in [0, 0.1) is 35.0 Å². The minimum atomic E-state index is -0.423. The van der Waals surface area contributed by atoms with E-state index >= 15 is 0 Å². The fourth-order valence-corrected chi connectivity index (χ4v) is 7.19. The lowest BCUT2D eigenvalue weighted by Gasteiger charge is -2.56. The van der Waals surface area contributed by atoms with Crippen molar-refractivity contribution in [1.82, 2.24) is 0 Å². The van der Waals surface area contributed by atoms with Gasteiger partial charge in [0.15, 0.2) is 5.78 Å². The summed E-state index contributed by atoms with van der Waals surface area (Å²) in [5.74, 6) is 4.24. The van der Waals surface area contributed by atoms with Crippen LogP contribution in [0.3, 0.4) is 0 Å². The molecule has 3 fully saturated rings. The predicted octanol–water partition coefficient (Wildman–Crippen LogP) is 4.52. The molecule has 0 bridgehead atoms. The van der Waals surface area contributed by atoms with E-state index in [0.717, 1.165) is 48.5 Å². The van der Waals surface area contributed by atoms with Crippen LogP contribution in [0.2, 0.25) is 0 Å². The van der Waals surface area contributed by atoms with E-state index in [4.69, 9.17) is 0 Å². The van der Waals surface area contributed by atoms with E-state index < -0.39 is 5.60 Å². The number of fused-ring (bicyclic) bond motifs is 5. The smallest absolute Gasteiger partial charge is 0.156 e. The number of allylic oxidation sites excluding steroid dienone is 2. The molecule has 0 aromatic heterocycles. The van der Waals surface area contributed by atoms with Crippen LogP contribution in [0.1, 0.15) is 72.1 Å². The topological polar surface area (TPSA) is 37.3 Å². The number of Topliss-reactive ketones (excluding diaryl/α,β-unsaturated/α-hetero) is 1. The van der Waals surface area contributed by atoms with Gasteiger partial charge in [-0.15, -0.1) is 0 Å². The van der Waals surface area contributed by atoms with Gasteiger partial charge < -0.3 is 5.11 Å². The van der Waals surface area contributed by atoms with Gasteiger partial charge in [-0.1, -0.05) is 13.0 Å². The number of hydrogen-bond donors (Lipinski definition) is 1. The van der Waals surface area contributed by atoms with Gasteiger partial charge in [0.25, 0.3) is 0 Å². The number of hydrogen-bond acceptors (Lipinski definition) is 2. The lowest BCUT2D eigenvalue weighted by molar-refractivity contribution is -0.117. The molecule has 4 aliphatic carbocycles. The highest BCUT2D eigenvalue weighted by atomic mass is 16.3. The standard InChI is InChI=1S/C21H32O2/c1-13(22)18-6-7-19-17-5-4-14-12-20(2,23)10-8-15(14)16(17)9-11-21(18,19)3/h6,14-17,19,23H,4-5,7-12H2,1-3H3/t14-,15+,16-,17-,19+,20-,21-/m1/s1. The van der Waals surface area contributed by atoms with Crippen molar-refractivity contribution in [2.24, 2.45) is 35.0 Å². The van der Waals surface area contributed by atoms with Gasteiger partial charge in [0.05, 0.1) is 5.60 Å². The number of aliphatic hydroxyl groups is 1. The summed E-state index contributed by atoms with van der Waals surface area (Å²) in [5, 5.41) is 10.5. The zero-order chi connectivity index (χ0) is 16.4. The van der Waals surface area contributed by atoms with E-state index in [0.29, 0.717) is 11.7 Å². The third-order valence-electron chi connectivity index (χ3n) is 8.20. The third kappa shape index (κ3) is 2.35. The molecule has 0 aromatic rings. The molecule has 0 aliphatic heterocycles. The van der Waals surface area contributed by atoms with Crippen LogP contribution >= 0.6 is 0 Å². The third-order valence-corrected chi connectivity index (χ3v) is 8.20. The van der Waals surface area contributed by atoms with Gasteiger partial charge in [-0.2, -0.15) is 0 Å². The minimum Gasteiger partial charge on any atom is -0.390 e. The quantitative estimate of drug-likeness (QED) is 0.772. The highest BCUT2D eigenvalue weighted by Gasteiger charge is 2.55. The maximum absolute atomic E-state index is 12.1. The molecular formula is C21H32O2. The van der Waals surface area contributed by atoms with Crippen molar-refractivity contribution in [2.75, 3.05) is 0 Å². The first-order valence-corrected chi connectivity index (χ1v) is 9.76. The van der Waals surface area contributed by atoms with Crippen LogP contribution in [0.15, 0.2) is 11.6 Å². The summed E-state index contributed by atoms with van der Waals surface area (Å²) < 4.78 is 0. The Morgan fingerprint density at radius 3 is 2.57 bits per heavy atom. The molecule has 2 nitrogen and oxygen atoms in total. The van der Waals surface area contributed by atoms with Gasteiger partial charge in [-0.25, -0.2) is 0 Å². The largest absolute Gasteiger partial charge is 0.390 e. The van der Waals surface area contributed by atoms with Gasteiger partial charge in [0, 0.05) is 0 Å². The maximum atomic E-state index is 12.1. The molecule has 3 saturated carbocycles. The van der Waals surface area contributed by atoms with Crippen molar-refractivity contribution < 1.29 is 9.90 Å².